The van der Waals surface area contributed by atoms with Gasteiger partial charge in [-0.2, -0.15) is 0 Å². The molecule has 0 bridgehead atoms. The van der Waals surface area contributed by atoms with Gasteiger partial charge in [-0.1, -0.05) is 91.0 Å². The Bertz CT molecular complexity index is 2090. The third-order valence-corrected chi connectivity index (χ3v) is 7.52. The Hall–Kier alpha value is -4.82. The van der Waals surface area contributed by atoms with Gasteiger partial charge >= 0.3 is 0 Å². The molecular formula is C34H22N2. The minimum Gasteiger partial charge on any atom is -0.354 e. The van der Waals surface area contributed by atoms with Gasteiger partial charge in [0.05, 0.1) is 16.6 Å². The highest BCUT2D eigenvalue weighted by atomic mass is 15.0. The Morgan fingerprint density at radius 2 is 1.11 bits per heavy atom. The second kappa shape index (κ2) is 7.34. The number of benzene rings is 6. The zero-order valence-corrected chi connectivity index (χ0v) is 19.6. The van der Waals surface area contributed by atoms with Crippen LogP contribution in [-0.4, -0.2) is 9.55 Å². The third-order valence-electron chi connectivity index (χ3n) is 7.52. The molecule has 8 rings (SSSR count). The summed E-state index contributed by atoms with van der Waals surface area (Å²) in [6.07, 6.45) is 0. The predicted molar refractivity (Wildman–Crippen MR) is 153 cm³/mol. The summed E-state index contributed by atoms with van der Waals surface area (Å²) in [6, 6.07) is 46.0. The van der Waals surface area contributed by atoms with Crippen LogP contribution in [0.3, 0.4) is 0 Å². The van der Waals surface area contributed by atoms with E-state index in [-0.39, 0.29) is 0 Å². The Kier molecular flexibility index (Phi) is 3.97. The van der Waals surface area contributed by atoms with Gasteiger partial charge in [0.1, 0.15) is 0 Å². The molecule has 6 aromatic carbocycles. The van der Waals surface area contributed by atoms with Crippen LogP contribution in [0.1, 0.15) is 0 Å². The Labute approximate surface area is 208 Å². The van der Waals surface area contributed by atoms with Gasteiger partial charge < -0.3 is 9.55 Å². The molecule has 1 N–H and O–H groups in total. The van der Waals surface area contributed by atoms with Crippen molar-refractivity contribution in [3.8, 4) is 16.8 Å². The number of nitrogens with one attached hydrogen (secondary N) is 1. The van der Waals surface area contributed by atoms with Gasteiger partial charge in [-0.25, -0.2) is 0 Å². The van der Waals surface area contributed by atoms with Crippen LogP contribution in [0.5, 0.6) is 0 Å². The molecule has 0 saturated heterocycles. The van der Waals surface area contributed by atoms with E-state index in [4.69, 9.17) is 0 Å². The highest BCUT2D eigenvalue weighted by molar-refractivity contribution is 6.21. The lowest BCUT2D eigenvalue weighted by atomic mass is 9.94. The largest absolute Gasteiger partial charge is 0.354 e. The molecule has 0 aliphatic rings. The Balaban J connectivity index is 1.49. The van der Waals surface area contributed by atoms with Crippen molar-refractivity contribution in [3.63, 3.8) is 0 Å². The van der Waals surface area contributed by atoms with Gasteiger partial charge in [0.25, 0.3) is 0 Å². The van der Waals surface area contributed by atoms with Crippen molar-refractivity contribution >= 4 is 54.4 Å². The number of aromatic nitrogens is 2. The zero-order valence-electron chi connectivity index (χ0n) is 19.6. The van der Waals surface area contributed by atoms with E-state index in [0.717, 1.165) is 0 Å². The predicted octanol–water partition coefficient (Wildman–Crippen LogP) is 9.24. The van der Waals surface area contributed by atoms with Crippen molar-refractivity contribution in [2.24, 2.45) is 0 Å². The van der Waals surface area contributed by atoms with Gasteiger partial charge in [0.2, 0.25) is 0 Å². The van der Waals surface area contributed by atoms with E-state index in [1.165, 1.54) is 71.2 Å². The average molecular weight is 459 g/mol. The molecule has 8 aromatic rings. The van der Waals surface area contributed by atoms with Crippen LogP contribution in [0.25, 0.3) is 71.2 Å². The fourth-order valence-corrected chi connectivity index (χ4v) is 5.92. The molecule has 0 atom stereocenters. The van der Waals surface area contributed by atoms with Gasteiger partial charge in [0.15, 0.2) is 0 Å². The summed E-state index contributed by atoms with van der Waals surface area (Å²) in [6.45, 7) is 0. The molecule has 0 saturated carbocycles. The summed E-state index contributed by atoms with van der Waals surface area (Å²) in [5.74, 6) is 0. The minimum absolute atomic E-state index is 1.18. The van der Waals surface area contributed by atoms with Crippen molar-refractivity contribution in [1.82, 2.24) is 9.55 Å². The molecule has 0 unspecified atom stereocenters. The van der Waals surface area contributed by atoms with Crippen LogP contribution in [0.15, 0.2) is 127 Å². The lowest BCUT2D eigenvalue weighted by molar-refractivity contribution is 1.18. The topological polar surface area (TPSA) is 20.7 Å². The van der Waals surface area contributed by atoms with E-state index in [1.54, 1.807) is 0 Å². The van der Waals surface area contributed by atoms with Crippen LogP contribution in [-0.2, 0) is 0 Å². The average Bonchev–Trinajstić information content (AvgIpc) is 3.48. The molecule has 168 valence electrons. The second-order valence-corrected chi connectivity index (χ2v) is 9.48. The Morgan fingerprint density at radius 3 is 1.97 bits per heavy atom. The van der Waals surface area contributed by atoms with Gasteiger partial charge in [0, 0.05) is 38.1 Å². The molecule has 0 radical (unpaired) electrons. The summed E-state index contributed by atoms with van der Waals surface area (Å²) < 4.78 is 2.39. The molecule has 2 heterocycles. The molecular weight excluding hydrogens is 436 g/mol. The summed E-state index contributed by atoms with van der Waals surface area (Å²) in [7, 11) is 0. The number of rotatable bonds is 2. The molecule has 2 nitrogen and oxygen atoms in total. The fraction of sp³-hybridized carbons (Fsp3) is 0. The third kappa shape index (κ3) is 2.67. The first-order valence-electron chi connectivity index (χ1n) is 12.4. The molecule has 0 amide bonds. The first-order valence-corrected chi connectivity index (χ1v) is 12.4. The first-order chi connectivity index (χ1) is 17.9. The van der Waals surface area contributed by atoms with E-state index >= 15 is 0 Å². The van der Waals surface area contributed by atoms with Crippen molar-refractivity contribution in [1.29, 1.82) is 0 Å². The number of fused-ring (bicyclic) bond motifs is 8. The van der Waals surface area contributed by atoms with Crippen LogP contribution < -0.4 is 0 Å². The number of nitrogens with zero attached hydrogens (tertiary/aromatic N) is 1. The number of aromatic amines is 1. The van der Waals surface area contributed by atoms with E-state index < -0.39 is 0 Å². The van der Waals surface area contributed by atoms with Crippen molar-refractivity contribution in [2.45, 2.75) is 0 Å². The van der Waals surface area contributed by atoms with E-state index in [0.29, 0.717) is 0 Å². The maximum absolute atomic E-state index is 3.67. The van der Waals surface area contributed by atoms with Crippen LogP contribution in [0.2, 0.25) is 0 Å². The van der Waals surface area contributed by atoms with Gasteiger partial charge in [-0.3, -0.25) is 0 Å². The smallest absolute Gasteiger partial charge is 0.0547 e. The summed E-state index contributed by atoms with van der Waals surface area (Å²) >= 11 is 0. The number of hydrogen-bond acceptors (Lipinski definition) is 0. The van der Waals surface area contributed by atoms with E-state index in [2.05, 4.69) is 137 Å². The molecule has 2 heteroatoms. The quantitative estimate of drug-likeness (QED) is 0.266. The normalized spacial score (nSPS) is 11.9. The maximum atomic E-state index is 3.67. The van der Waals surface area contributed by atoms with Gasteiger partial charge in [-0.05, 0) is 52.9 Å². The molecule has 0 spiro atoms. The van der Waals surface area contributed by atoms with Crippen LogP contribution in [0, 0.1) is 0 Å². The molecule has 36 heavy (non-hydrogen) atoms. The van der Waals surface area contributed by atoms with Gasteiger partial charge in [-0.15, -0.1) is 0 Å². The molecule has 0 aliphatic heterocycles. The molecule has 0 aliphatic carbocycles. The van der Waals surface area contributed by atoms with Crippen LogP contribution in [0.4, 0.5) is 0 Å². The van der Waals surface area contributed by atoms with Crippen molar-refractivity contribution in [3.05, 3.63) is 127 Å². The monoisotopic (exact) mass is 458 g/mol. The summed E-state index contributed by atoms with van der Waals surface area (Å²) in [5, 5.41) is 7.60. The first kappa shape index (κ1) is 19.5. The maximum Gasteiger partial charge on any atom is 0.0547 e. The summed E-state index contributed by atoms with van der Waals surface area (Å²) in [5.41, 5.74) is 8.50. The fourth-order valence-electron chi connectivity index (χ4n) is 5.92. The van der Waals surface area contributed by atoms with E-state index in [1.807, 2.05) is 0 Å². The SMILES string of the molecule is c1ccc(-n2c3ccccc3c3ccc(-c4cc5c6ccccc6[nH]c5c5ccccc45)cc32)cc1. The molecule has 0 fully saturated rings. The Morgan fingerprint density at radius 1 is 0.444 bits per heavy atom. The second-order valence-electron chi connectivity index (χ2n) is 9.48. The lowest BCUT2D eigenvalue weighted by Gasteiger charge is -2.11. The van der Waals surface area contributed by atoms with Crippen LogP contribution >= 0.6 is 0 Å². The standard InChI is InChI=1S/C34H22N2/c1-2-10-23(11-3-1)36-32-17-9-7-14-26(32)27-19-18-22(20-33(27)36)29-21-30-25-13-6-8-16-31(25)35-34(30)28-15-5-4-12-24(28)29/h1-21,35H. The molecule has 2 aromatic heterocycles. The number of hydrogen-bond donors (Lipinski definition) is 1. The van der Waals surface area contributed by atoms with Crippen molar-refractivity contribution < 1.29 is 0 Å². The minimum atomic E-state index is 1.18. The summed E-state index contributed by atoms with van der Waals surface area (Å²) in [4.78, 5) is 3.67. The highest BCUT2D eigenvalue weighted by Crippen LogP contribution is 2.40. The number of para-hydroxylation sites is 3. The number of H-pyrrole nitrogens is 1. The van der Waals surface area contributed by atoms with Crippen molar-refractivity contribution in [2.75, 3.05) is 0 Å². The zero-order chi connectivity index (χ0) is 23.6. The highest BCUT2D eigenvalue weighted by Gasteiger charge is 2.16. The van der Waals surface area contributed by atoms with E-state index in [9.17, 15) is 0 Å². The lowest BCUT2D eigenvalue weighted by Crippen LogP contribution is -1.93.